The predicted octanol–water partition coefficient (Wildman–Crippen LogP) is 0.601. The van der Waals surface area contributed by atoms with Crippen LogP contribution in [0.5, 0.6) is 0 Å². The number of aromatic amines is 1. The van der Waals surface area contributed by atoms with E-state index in [0.717, 1.165) is 11.5 Å². The highest BCUT2D eigenvalue weighted by molar-refractivity contribution is 7.89. The molecule has 7 nitrogen and oxygen atoms in total. The average Bonchev–Trinajstić information content (AvgIpc) is 3.12. The standard InChI is InChI=1S/C13H21N5O2S/c1-2-18-10-12(8-11(18)9-14)21(19,20)17-5-3-4-13-15-6-7-16-13/h6-8,10,17H,2-5,9,14H2,1H3,(H,15,16). The molecule has 21 heavy (non-hydrogen) atoms. The van der Waals surface area contributed by atoms with E-state index in [0.29, 0.717) is 32.5 Å². The molecule has 116 valence electrons. The largest absolute Gasteiger partial charge is 0.349 e. The van der Waals surface area contributed by atoms with E-state index in [2.05, 4.69) is 14.7 Å². The molecule has 0 saturated carbocycles. The summed E-state index contributed by atoms with van der Waals surface area (Å²) in [5, 5.41) is 0. The lowest BCUT2D eigenvalue weighted by molar-refractivity contribution is 0.578. The average molecular weight is 311 g/mol. The van der Waals surface area contributed by atoms with Crippen LogP contribution >= 0.6 is 0 Å². The number of aromatic nitrogens is 3. The van der Waals surface area contributed by atoms with Crippen molar-refractivity contribution in [3.05, 3.63) is 36.2 Å². The van der Waals surface area contributed by atoms with Crippen LogP contribution in [0.15, 0.2) is 29.6 Å². The van der Waals surface area contributed by atoms with Gasteiger partial charge in [0.05, 0.1) is 4.90 Å². The molecule has 0 amide bonds. The Labute approximate surface area is 124 Å². The van der Waals surface area contributed by atoms with Crippen LogP contribution in [0.3, 0.4) is 0 Å². The minimum atomic E-state index is -3.48. The molecule has 0 radical (unpaired) electrons. The van der Waals surface area contributed by atoms with E-state index in [1.54, 1.807) is 24.7 Å². The first-order valence-electron chi connectivity index (χ1n) is 6.94. The van der Waals surface area contributed by atoms with E-state index in [9.17, 15) is 8.42 Å². The molecule has 0 unspecified atom stereocenters. The maximum absolute atomic E-state index is 12.2. The van der Waals surface area contributed by atoms with Gasteiger partial charge in [-0.1, -0.05) is 0 Å². The fourth-order valence-electron chi connectivity index (χ4n) is 2.12. The van der Waals surface area contributed by atoms with Gasteiger partial charge in [-0.05, 0) is 19.4 Å². The third-order valence-corrected chi connectivity index (χ3v) is 4.69. The van der Waals surface area contributed by atoms with Crippen LogP contribution in [-0.2, 0) is 29.5 Å². The molecule has 4 N–H and O–H groups in total. The Hall–Kier alpha value is -1.64. The number of nitrogens with two attached hydrogens (primary N) is 1. The zero-order valence-electron chi connectivity index (χ0n) is 12.0. The van der Waals surface area contributed by atoms with Gasteiger partial charge >= 0.3 is 0 Å². The van der Waals surface area contributed by atoms with Crippen LogP contribution in [0, 0.1) is 0 Å². The normalized spacial score (nSPS) is 11.9. The Morgan fingerprint density at radius 2 is 2.29 bits per heavy atom. The smallest absolute Gasteiger partial charge is 0.242 e. The van der Waals surface area contributed by atoms with Crippen LogP contribution in [0.2, 0.25) is 0 Å². The number of nitrogens with one attached hydrogen (secondary N) is 2. The summed E-state index contributed by atoms with van der Waals surface area (Å²) in [5.74, 6) is 0.858. The van der Waals surface area contributed by atoms with E-state index in [1.807, 2.05) is 11.5 Å². The summed E-state index contributed by atoms with van der Waals surface area (Å²) in [5.41, 5.74) is 6.43. The molecule has 0 bridgehead atoms. The molecule has 0 atom stereocenters. The minimum absolute atomic E-state index is 0.266. The zero-order chi connectivity index (χ0) is 15.3. The molecule has 0 spiro atoms. The van der Waals surface area contributed by atoms with Crippen LogP contribution in [-0.4, -0.2) is 29.5 Å². The highest BCUT2D eigenvalue weighted by atomic mass is 32.2. The number of imidazole rings is 1. The summed E-state index contributed by atoms with van der Waals surface area (Å²) in [7, 11) is -3.48. The van der Waals surface area contributed by atoms with Gasteiger partial charge in [0.15, 0.2) is 0 Å². The van der Waals surface area contributed by atoms with Crippen molar-refractivity contribution in [1.29, 1.82) is 0 Å². The van der Waals surface area contributed by atoms with Crippen LogP contribution < -0.4 is 10.5 Å². The highest BCUT2D eigenvalue weighted by Crippen LogP contribution is 2.14. The van der Waals surface area contributed by atoms with Crippen molar-refractivity contribution in [1.82, 2.24) is 19.3 Å². The van der Waals surface area contributed by atoms with E-state index in [1.165, 1.54) is 0 Å². The van der Waals surface area contributed by atoms with Gasteiger partial charge in [-0.15, -0.1) is 0 Å². The maximum Gasteiger partial charge on any atom is 0.242 e. The van der Waals surface area contributed by atoms with Gasteiger partial charge in [-0.2, -0.15) is 0 Å². The molecular formula is C13H21N5O2S. The van der Waals surface area contributed by atoms with Gasteiger partial charge in [0.25, 0.3) is 0 Å². The van der Waals surface area contributed by atoms with Crippen LogP contribution in [0.1, 0.15) is 24.9 Å². The number of hydrogen-bond donors (Lipinski definition) is 3. The molecule has 2 aromatic heterocycles. The lowest BCUT2D eigenvalue weighted by Gasteiger charge is -2.04. The number of aryl methyl sites for hydroxylation is 2. The second-order valence-corrected chi connectivity index (χ2v) is 6.46. The Bertz CT molecular complexity index is 639. The van der Waals surface area contributed by atoms with Crippen molar-refractivity contribution < 1.29 is 8.42 Å². The van der Waals surface area contributed by atoms with Crippen molar-refractivity contribution in [2.75, 3.05) is 6.54 Å². The van der Waals surface area contributed by atoms with Gasteiger partial charge in [0.2, 0.25) is 10.0 Å². The molecule has 0 saturated heterocycles. The third kappa shape index (κ3) is 3.93. The topological polar surface area (TPSA) is 106 Å². The number of H-pyrrole nitrogens is 1. The third-order valence-electron chi connectivity index (χ3n) is 3.26. The minimum Gasteiger partial charge on any atom is -0.349 e. The Morgan fingerprint density at radius 1 is 1.48 bits per heavy atom. The van der Waals surface area contributed by atoms with Crippen LogP contribution in [0.25, 0.3) is 0 Å². The van der Waals surface area contributed by atoms with Crippen molar-refractivity contribution in [2.45, 2.75) is 37.8 Å². The molecule has 0 aromatic carbocycles. The van der Waals surface area contributed by atoms with Gasteiger partial charge in [0, 0.05) is 50.3 Å². The fraction of sp³-hybridized carbons (Fsp3) is 0.462. The maximum atomic E-state index is 12.2. The second-order valence-electron chi connectivity index (χ2n) is 4.69. The molecule has 0 aliphatic carbocycles. The quantitative estimate of drug-likeness (QED) is 0.621. The molecule has 0 aliphatic heterocycles. The van der Waals surface area contributed by atoms with Crippen molar-refractivity contribution in [3.63, 3.8) is 0 Å². The first kappa shape index (κ1) is 15.7. The number of sulfonamides is 1. The first-order chi connectivity index (χ1) is 10.1. The highest BCUT2D eigenvalue weighted by Gasteiger charge is 2.17. The molecule has 2 aromatic rings. The van der Waals surface area contributed by atoms with E-state index in [-0.39, 0.29) is 4.90 Å². The molecule has 2 rings (SSSR count). The number of hydrogen-bond acceptors (Lipinski definition) is 4. The summed E-state index contributed by atoms with van der Waals surface area (Å²) >= 11 is 0. The summed E-state index contributed by atoms with van der Waals surface area (Å²) in [6.07, 6.45) is 6.45. The van der Waals surface area contributed by atoms with E-state index >= 15 is 0 Å². The predicted molar refractivity (Wildman–Crippen MR) is 80.1 cm³/mol. The lowest BCUT2D eigenvalue weighted by Crippen LogP contribution is -2.24. The fourth-order valence-corrected chi connectivity index (χ4v) is 3.26. The van der Waals surface area contributed by atoms with Gasteiger partial charge in [-0.25, -0.2) is 18.1 Å². The molecule has 8 heteroatoms. The Kier molecular flexibility index (Phi) is 5.16. The van der Waals surface area contributed by atoms with E-state index in [4.69, 9.17) is 5.73 Å². The van der Waals surface area contributed by atoms with Crippen molar-refractivity contribution in [2.24, 2.45) is 5.73 Å². The molecule has 2 heterocycles. The summed E-state index contributed by atoms with van der Waals surface area (Å²) in [4.78, 5) is 7.35. The zero-order valence-corrected chi connectivity index (χ0v) is 12.9. The Morgan fingerprint density at radius 3 is 2.86 bits per heavy atom. The van der Waals surface area contributed by atoms with Gasteiger partial charge in [-0.3, -0.25) is 0 Å². The number of nitrogens with zero attached hydrogens (tertiary/aromatic N) is 2. The Balaban J connectivity index is 1.93. The monoisotopic (exact) mass is 311 g/mol. The van der Waals surface area contributed by atoms with E-state index < -0.39 is 10.0 Å². The summed E-state index contributed by atoms with van der Waals surface area (Å²) < 4.78 is 28.9. The van der Waals surface area contributed by atoms with Gasteiger partial charge < -0.3 is 15.3 Å². The molecular weight excluding hydrogens is 290 g/mol. The van der Waals surface area contributed by atoms with Crippen molar-refractivity contribution in [3.8, 4) is 0 Å². The summed E-state index contributed by atoms with van der Waals surface area (Å²) in [6, 6.07) is 1.62. The lowest BCUT2D eigenvalue weighted by atomic mass is 10.3. The first-order valence-corrected chi connectivity index (χ1v) is 8.42. The van der Waals surface area contributed by atoms with Crippen LogP contribution in [0.4, 0.5) is 0 Å². The van der Waals surface area contributed by atoms with Gasteiger partial charge in [0.1, 0.15) is 5.82 Å². The van der Waals surface area contributed by atoms with Crippen molar-refractivity contribution >= 4 is 10.0 Å². The molecule has 0 fully saturated rings. The summed E-state index contributed by atoms with van der Waals surface area (Å²) in [6.45, 7) is 3.34. The molecule has 0 aliphatic rings. The second kappa shape index (κ2) is 6.88. The SMILES string of the molecule is CCn1cc(S(=O)(=O)NCCCc2ncc[nH]2)cc1CN. The number of rotatable bonds is 8.